The van der Waals surface area contributed by atoms with E-state index in [2.05, 4.69) is 34.9 Å². The number of aliphatic carboxylic acids is 1. The SMILES string of the molecule is CCCC(NC(=O)c1ccc(C)c(NC(=O)OCC2c3ccccc3-c3ccccc32)c1)C(=O)O. The highest BCUT2D eigenvalue weighted by atomic mass is 16.5. The van der Waals surface area contributed by atoms with Crippen LogP contribution in [0.3, 0.4) is 0 Å². The minimum Gasteiger partial charge on any atom is -0.480 e. The molecule has 0 aliphatic heterocycles. The van der Waals surface area contributed by atoms with E-state index in [0.717, 1.165) is 27.8 Å². The fourth-order valence-electron chi connectivity index (χ4n) is 4.43. The Kier molecular flexibility index (Phi) is 7.15. The molecule has 3 aromatic carbocycles. The molecule has 1 aliphatic rings. The van der Waals surface area contributed by atoms with E-state index in [9.17, 15) is 19.5 Å². The number of aryl methyl sites for hydroxylation is 1. The molecule has 0 fully saturated rings. The van der Waals surface area contributed by atoms with Gasteiger partial charge in [-0.05, 0) is 53.3 Å². The van der Waals surface area contributed by atoms with Crippen LogP contribution in [0.5, 0.6) is 0 Å². The molecule has 2 amide bonds. The number of carboxylic acid groups (broad SMARTS) is 1. The second-order valence-electron chi connectivity index (χ2n) is 8.63. The molecule has 1 atom stereocenters. The van der Waals surface area contributed by atoms with E-state index in [1.807, 2.05) is 31.2 Å². The molecule has 0 saturated carbocycles. The average molecular weight is 473 g/mol. The van der Waals surface area contributed by atoms with Crippen LogP contribution in [0.1, 0.15) is 52.7 Å². The van der Waals surface area contributed by atoms with E-state index in [4.69, 9.17) is 4.74 Å². The number of rotatable bonds is 8. The molecule has 1 aliphatic carbocycles. The summed E-state index contributed by atoms with van der Waals surface area (Å²) < 4.78 is 5.60. The molecular formula is C28H28N2O5. The maximum absolute atomic E-state index is 12.7. The summed E-state index contributed by atoms with van der Waals surface area (Å²) in [5.41, 5.74) is 5.97. The topological polar surface area (TPSA) is 105 Å². The van der Waals surface area contributed by atoms with Gasteiger partial charge in [-0.15, -0.1) is 0 Å². The average Bonchev–Trinajstić information content (AvgIpc) is 3.17. The van der Waals surface area contributed by atoms with Gasteiger partial charge in [0.2, 0.25) is 0 Å². The van der Waals surface area contributed by atoms with Gasteiger partial charge in [0.25, 0.3) is 5.91 Å². The highest BCUT2D eigenvalue weighted by molar-refractivity contribution is 5.98. The minimum atomic E-state index is -1.08. The number of hydrogen-bond acceptors (Lipinski definition) is 4. The van der Waals surface area contributed by atoms with Crippen molar-refractivity contribution >= 4 is 23.7 Å². The largest absolute Gasteiger partial charge is 0.480 e. The van der Waals surface area contributed by atoms with Crippen LogP contribution >= 0.6 is 0 Å². The molecule has 7 heteroatoms. The van der Waals surface area contributed by atoms with Crippen LogP contribution < -0.4 is 10.6 Å². The molecule has 0 bridgehead atoms. The molecule has 1 unspecified atom stereocenters. The number of nitrogens with one attached hydrogen (secondary N) is 2. The van der Waals surface area contributed by atoms with Gasteiger partial charge in [0.1, 0.15) is 12.6 Å². The summed E-state index contributed by atoms with van der Waals surface area (Å²) in [4.78, 5) is 36.6. The van der Waals surface area contributed by atoms with Crippen molar-refractivity contribution in [3.05, 3.63) is 89.0 Å². The van der Waals surface area contributed by atoms with Crippen LogP contribution in [0.15, 0.2) is 66.7 Å². The molecule has 180 valence electrons. The first-order valence-electron chi connectivity index (χ1n) is 11.6. The number of ether oxygens (including phenoxy) is 1. The van der Waals surface area contributed by atoms with Crippen molar-refractivity contribution in [3.8, 4) is 11.1 Å². The lowest BCUT2D eigenvalue weighted by Crippen LogP contribution is -2.40. The number of anilines is 1. The quantitative estimate of drug-likeness (QED) is 0.411. The van der Waals surface area contributed by atoms with E-state index < -0.39 is 24.0 Å². The summed E-state index contributed by atoms with van der Waals surface area (Å²) >= 11 is 0. The molecule has 0 heterocycles. The maximum Gasteiger partial charge on any atom is 0.411 e. The summed E-state index contributed by atoms with van der Waals surface area (Å²) in [7, 11) is 0. The highest BCUT2D eigenvalue weighted by Gasteiger charge is 2.29. The van der Waals surface area contributed by atoms with Gasteiger partial charge in [-0.3, -0.25) is 10.1 Å². The van der Waals surface area contributed by atoms with Crippen molar-refractivity contribution in [2.24, 2.45) is 0 Å². The first-order valence-corrected chi connectivity index (χ1v) is 11.6. The Hall–Kier alpha value is -4.13. The van der Waals surface area contributed by atoms with E-state index in [1.54, 1.807) is 19.1 Å². The highest BCUT2D eigenvalue weighted by Crippen LogP contribution is 2.44. The van der Waals surface area contributed by atoms with E-state index in [0.29, 0.717) is 18.5 Å². The van der Waals surface area contributed by atoms with Crippen LogP contribution in [0.2, 0.25) is 0 Å². The summed E-state index contributed by atoms with van der Waals surface area (Å²) in [5, 5.41) is 14.6. The fourth-order valence-corrected chi connectivity index (χ4v) is 4.43. The van der Waals surface area contributed by atoms with E-state index >= 15 is 0 Å². The number of amides is 2. The van der Waals surface area contributed by atoms with Gasteiger partial charge in [0, 0.05) is 17.2 Å². The Morgan fingerprint density at radius 3 is 2.20 bits per heavy atom. The smallest absolute Gasteiger partial charge is 0.411 e. The molecule has 0 saturated heterocycles. The maximum atomic E-state index is 12.7. The van der Waals surface area contributed by atoms with Crippen molar-refractivity contribution in [2.75, 3.05) is 11.9 Å². The van der Waals surface area contributed by atoms with Crippen molar-refractivity contribution in [2.45, 2.75) is 38.6 Å². The number of carboxylic acids is 1. The van der Waals surface area contributed by atoms with Gasteiger partial charge in [-0.2, -0.15) is 0 Å². The zero-order chi connectivity index (χ0) is 24.9. The van der Waals surface area contributed by atoms with Crippen LogP contribution in [0.4, 0.5) is 10.5 Å². The van der Waals surface area contributed by atoms with Gasteiger partial charge in [-0.1, -0.05) is 67.9 Å². The lowest BCUT2D eigenvalue weighted by atomic mass is 9.98. The van der Waals surface area contributed by atoms with Crippen LogP contribution in [-0.2, 0) is 9.53 Å². The van der Waals surface area contributed by atoms with Crippen molar-refractivity contribution in [1.82, 2.24) is 5.32 Å². The Labute approximate surface area is 204 Å². The number of fused-ring (bicyclic) bond motifs is 3. The molecule has 7 nitrogen and oxygen atoms in total. The molecule has 3 aromatic rings. The van der Waals surface area contributed by atoms with E-state index in [-0.39, 0.29) is 18.1 Å². The Bertz CT molecular complexity index is 1220. The fraction of sp³-hybridized carbons (Fsp3) is 0.250. The number of carbonyl (C=O) groups excluding carboxylic acids is 2. The van der Waals surface area contributed by atoms with Crippen molar-refractivity contribution < 1.29 is 24.2 Å². The Morgan fingerprint density at radius 1 is 0.971 bits per heavy atom. The van der Waals surface area contributed by atoms with Crippen molar-refractivity contribution in [3.63, 3.8) is 0 Å². The zero-order valence-corrected chi connectivity index (χ0v) is 19.7. The molecule has 0 aromatic heterocycles. The number of hydrogen-bond donors (Lipinski definition) is 3. The lowest BCUT2D eigenvalue weighted by molar-refractivity contribution is -0.139. The summed E-state index contributed by atoms with van der Waals surface area (Å²) in [6.07, 6.45) is 0.333. The van der Waals surface area contributed by atoms with Gasteiger partial charge in [0.05, 0.1) is 0 Å². The summed E-state index contributed by atoms with van der Waals surface area (Å²) in [5.74, 6) is -1.65. The van der Waals surface area contributed by atoms with E-state index in [1.165, 1.54) is 6.07 Å². The monoisotopic (exact) mass is 472 g/mol. The van der Waals surface area contributed by atoms with Gasteiger partial charge in [-0.25, -0.2) is 9.59 Å². The standard InChI is InChI=1S/C28H28N2O5/c1-3-8-24(27(32)33)29-26(31)18-14-13-17(2)25(15-18)30-28(34)35-16-23-21-11-6-4-9-19(21)20-10-5-7-12-22(20)23/h4-7,9-15,23-24H,3,8,16H2,1-2H3,(H,29,31)(H,30,34)(H,32,33). The predicted octanol–water partition coefficient (Wildman–Crippen LogP) is 5.34. The van der Waals surface area contributed by atoms with Crippen LogP contribution in [0, 0.1) is 6.92 Å². The third kappa shape index (κ3) is 5.19. The van der Waals surface area contributed by atoms with Gasteiger partial charge >= 0.3 is 12.1 Å². The second-order valence-corrected chi connectivity index (χ2v) is 8.63. The van der Waals surface area contributed by atoms with Crippen LogP contribution in [0.25, 0.3) is 11.1 Å². The van der Waals surface area contributed by atoms with Gasteiger partial charge in [0.15, 0.2) is 0 Å². The number of benzene rings is 3. The molecule has 4 rings (SSSR count). The molecule has 35 heavy (non-hydrogen) atoms. The molecule has 0 radical (unpaired) electrons. The third-order valence-electron chi connectivity index (χ3n) is 6.26. The summed E-state index contributed by atoms with van der Waals surface area (Å²) in [6, 6.07) is 20.1. The Balaban J connectivity index is 1.43. The van der Waals surface area contributed by atoms with Crippen LogP contribution in [-0.4, -0.2) is 35.7 Å². The first-order chi connectivity index (χ1) is 16.9. The molecule has 0 spiro atoms. The zero-order valence-electron chi connectivity index (χ0n) is 19.7. The third-order valence-corrected chi connectivity index (χ3v) is 6.26. The number of carbonyl (C=O) groups is 3. The van der Waals surface area contributed by atoms with Crippen molar-refractivity contribution in [1.29, 1.82) is 0 Å². The first kappa shape index (κ1) is 24.0. The molecular weight excluding hydrogens is 444 g/mol. The molecule has 3 N–H and O–H groups in total. The lowest BCUT2D eigenvalue weighted by Gasteiger charge is -2.16. The minimum absolute atomic E-state index is 0.0575. The predicted molar refractivity (Wildman–Crippen MR) is 134 cm³/mol. The Morgan fingerprint density at radius 2 is 1.60 bits per heavy atom. The van der Waals surface area contributed by atoms with Gasteiger partial charge < -0.3 is 15.2 Å². The normalized spacial score (nSPS) is 12.9. The summed E-state index contributed by atoms with van der Waals surface area (Å²) in [6.45, 7) is 3.83. The second kappa shape index (κ2) is 10.4.